The molecular weight excluding hydrogens is 636 g/mol. The summed E-state index contributed by atoms with van der Waals surface area (Å²) in [6, 6.07) is 0. The fraction of sp³-hybridized carbons (Fsp3) is 0.250. The van der Waals surface area contributed by atoms with E-state index in [4.69, 9.17) is 0 Å². The highest BCUT2D eigenvalue weighted by Crippen LogP contribution is 2.32. The summed E-state index contributed by atoms with van der Waals surface area (Å²) in [6.45, 7) is 0.0997. The summed E-state index contributed by atoms with van der Waals surface area (Å²) >= 11 is 8.84. The van der Waals surface area contributed by atoms with E-state index in [1.807, 2.05) is 0 Å². The first-order chi connectivity index (χ1) is 6.54. The highest BCUT2D eigenvalue weighted by Gasteiger charge is 2.17. The molecule has 78 valence electrons. The van der Waals surface area contributed by atoms with Gasteiger partial charge in [-0.25, -0.2) is 0 Å². The lowest BCUT2D eigenvalue weighted by Crippen LogP contribution is -2.05. The normalized spacial score (nSPS) is 10.7. The van der Waals surface area contributed by atoms with Crippen LogP contribution in [-0.4, -0.2) is 10.2 Å². The van der Waals surface area contributed by atoms with Gasteiger partial charge in [-0.05, 0) is 90.4 Å². The number of hydrogen-bond acceptors (Lipinski definition) is 2. The predicted molar refractivity (Wildman–Crippen MR) is 89.2 cm³/mol. The molecule has 14 heavy (non-hydrogen) atoms. The Bertz CT molecular complexity index is 301. The predicted octanol–water partition coefficient (Wildman–Crippen LogP) is 3.09. The highest BCUT2D eigenvalue weighted by atomic mass is 127. The molecule has 0 saturated carbocycles. The lowest BCUT2D eigenvalue weighted by Gasteiger charge is -2.13. The molecule has 0 fully saturated rings. The Balaban J connectivity index is 3.55. The summed E-state index contributed by atoms with van der Waals surface area (Å²) in [7, 11) is 0. The first kappa shape index (κ1) is 14.1. The molecule has 6 heteroatoms. The van der Waals surface area contributed by atoms with E-state index in [0.717, 1.165) is 25.4 Å². The summed E-state index contributed by atoms with van der Waals surface area (Å²) in [5.74, 6) is 0. The topological polar surface area (TPSA) is 40.5 Å². The number of hydrogen-bond donors (Lipinski definition) is 2. The summed E-state index contributed by atoms with van der Waals surface area (Å²) in [4.78, 5) is 0. The molecule has 0 aliphatic rings. The van der Waals surface area contributed by atoms with Crippen LogP contribution in [0.4, 0.5) is 0 Å². The van der Waals surface area contributed by atoms with E-state index in [1.165, 1.54) is 0 Å². The Morgan fingerprint density at radius 3 is 1.00 bits per heavy atom. The number of halogens is 4. The average molecular weight is 642 g/mol. The van der Waals surface area contributed by atoms with Gasteiger partial charge in [0.15, 0.2) is 0 Å². The lowest BCUT2D eigenvalue weighted by molar-refractivity contribution is 0.275. The molecule has 0 saturated heterocycles. The number of benzene rings is 1. The molecule has 0 bridgehead atoms. The van der Waals surface area contributed by atoms with Crippen molar-refractivity contribution < 1.29 is 10.2 Å². The molecule has 1 aromatic rings. The monoisotopic (exact) mass is 642 g/mol. The van der Waals surface area contributed by atoms with E-state index in [1.54, 1.807) is 0 Å². The van der Waals surface area contributed by atoms with Crippen molar-refractivity contribution >= 4 is 90.4 Å². The third-order valence-electron chi connectivity index (χ3n) is 1.76. The minimum atomic E-state index is 0.0499. The van der Waals surface area contributed by atoms with Gasteiger partial charge in [0.1, 0.15) is 0 Å². The van der Waals surface area contributed by atoms with Crippen molar-refractivity contribution in [3.05, 3.63) is 25.4 Å². The molecule has 0 atom stereocenters. The van der Waals surface area contributed by atoms with Crippen molar-refractivity contribution in [1.29, 1.82) is 0 Å². The zero-order chi connectivity index (χ0) is 10.9. The van der Waals surface area contributed by atoms with Crippen molar-refractivity contribution in [3.8, 4) is 0 Å². The molecule has 0 heterocycles. The number of aliphatic hydroxyl groups is 2. The van der Waals surface area contributed by atoms with Crippen molar-refractivity contribution in [2.45, 2.75) is 13.2 Å². The zero-order valence-electron chi connectivity index (χ0n) is 6.82. The van der Waals surface area contributed by atoms with Gasteiger partial charge in [0.05, 0.1) is 13.2 Å². The third-order valence-corrected chi connectivity index (χ3v) is 8.59. The van der Waals surface area contributed by atoms with Gasteiger partial charge in [-0.2, -0.15) is 0 Å². The molecule has 0 aromatic heterocycles. The molecular formula is C8H6I4O2. The summed E-state index contributed by atoms with van der Waals surface area (Å²) in [6.07, 6.45) is 0. The maximum absolute atomic E-state index is 9.23. The van der Waals surface area contributed by atoms with Gasteiger partial charge in [-0.3, -0.25) is 0 Å². The van der Waals surface area contributed by atoms with Crippen molar-refractivity contribution in [2.75, 3.05) is 0 Å². The molecule has 0 aliphatic heterocycles. The first-order valence-corrected chi connectivity index (χ1v) is 7.91. The standard InChI is InChI=1S/C8H6I4O2/c9-5-3(1-13)6(10)8(12)4(2-14)7(5)11/h13-14H,1-2H2. The Labute approximate surface area is 137 Å². The van der Waals surface area contributed by atoms with Crippen LogP contribution in [0.15, 0.2) is 0 Å². The lowest BCUT2D eigenvalue weighted by atomic mass is 10.1. The second-order valence-electron chi connectivity index (χ2n) is 2.53. The fourth-order valence-corrected chi connectivity index (χ4v) is 5.10. The maximum atomic E-state index is 9.23. The summed E-state index contributed by atoms with van der Waals surface area (Å²) in [5, 5.41) is 18.5. The second-order valence-corrected chi connectivity index (χ2v) is 6.84. The minimum Gasteiger partial charge on any atom is -0.392 e. The number of rotatable bonds is 2. The van der Waals surface area contributed by atoms with E-state index < -0.39 is 0 Å². The van der Waals surface area contributed by atoms with Crippen LogP contribution < -0.4 is 0 Å². The van der Waals surface area contributed by atoms with Crippen LogP contribution in [0.25, 0.3) is 0 Å². The van der Waals surface area contributed by atoms with Crippen LogP contribution in [0, 0.1) is 14.3 Å². The molecule has 1 rings (SSSR count). The highest BCUT2D eigenvalue weighted by molar-refractivity contribution is 14.1. The molecule has 0 unspecified atom stereocenters. The molecule has 2 N–H and O–H groups in total. The van der Waals surface area contributed by atoms with Crippen LogP contribution in [0.2, 0.25) is 0 Å². The first-order valence-electron chi connectivity index (χ1n) is 3.60. The molecule has 0 radical (unpaired) electrons. The smallest absolute Gasteiger partial charge is 0.0703 e. The summed E-state index contributed by atoms with van der Waals surface area (Å²) < 4.78 is 4.17. The van der Waals surface area contributed by atoms with Crippen LogP contribution >= 0.6 is 90.4 Å². The van der Waals surface area contributed by atoms with E-state index >= 15 is 0 Å². The van der Waals surface area contributed by atoms with Gasteiger partial charge in [0.25, 0.3) is 0 Å². The minimum absolute atomic E-state index is 0.0499. The van der Waals surface area contributed by atoms with Crippen LogP contribution in [0.1, 0.15) is 11.1 Å². The van der Waals surface area contributed by atoms with Gasteiger partial charge in [0.2, 0.25) is 0 Å². The average Bonchev–Trinajstić information content (AvgIpc) is 2.17. The fourth-order valence-electron chi connectivity index (χ4n) is 1.00. The number of aliphatic hydroxyl groups excluding tert-OH is 2. The van der Waals surface area contributed by atoms with Crippen LogP contribution in [0.3, 0.4) is 0 Å². The Hall–Kier alpha value is 2.06. The van der Waals surface area contributed by atoms with Crippen LogP contribution in [0.5, 0.6) is 0 Å². The largest absolute Gasteiger partial charge is 0.392 e. The molecule has 0 aliphatic carbocycles. The van der Waals surface area contributed by atoms with Crippen LogP contribution in [-0.2, 0) is 13.2 Å². The van der Waals surface area contributed by atoms with Crippen molar-refractivity contribution in [2.24, 2.45) is 0 Å². The van der Waals surface area contributed by atoms with Gasteiger partial charge < -0.3 is 10.2 Å². The second kappa shape index (κ2) is 6.12. The van der Waals surface area contributed by atoms with Crippen molar-refractivity contribution in [1.82, 2.24) is 0 Å². The van der Waals surface area contributed by atoms with E-state index in [2.05, 4.69) is 90.4 Å². The van der Waals surface area contributed by atoms with Gasteiger partial charge in [-0.15, -0.1) is 0 Å². The SMILES string of the molecule is OCc1c(I)c(I)c(CO)c(I)c1I. The third kappa shape index (κ3) is 2.65. The van der Waals surface area contributed by atoms with E-state index in [0.29, 0.717) is 0 Å². The zero-order valence-corrected chi connectivity index (χ0v) is 15.5. The Morgan fingerprint density at radius 2 is 0.857 bits per heavy atom. The van der Waals surface area contributed by atoms with E-state index in [-0.39, 0.29) is 13.2 Å². The van der Waals surface area contributed by atoms with Gasteiger partial charge in [-0.1, -0.05) is 0 Å². The Morgan fingerprint density at radius 1 is 0.643 bits per heavy atom. The molecule has 0 spiro atoms. The molecule has 1 aromatic carbocycles. The molecule has 0 amide bonds. The van der Waals surface area contributed by atoms with Crippen molar-refractivity contribution in [3.63, 3.8) is 0 Å². The van der Waals surface area contributed by atoms with Gasteiger partial charge >= 0.3 is 0 Å². The van der Waals surface area contributed by atoms with E-state index in [9.17, 15) is 10.2 Å². The van der Waals surface area contributed by atoms with Gasteiger partial charge in [0, 0.05) is 25.4 Å². The quantitative estimate of drug-likeness (QED) is 0.385. The molecule has 2 nitrogen and oxygen atoms in total. The summed E-state index contributed by atoms with van der Waals surface area (Å²) in [5.41, 5.74) is 1.91. The Kier molecular flexibility index (Phi) is 6.17. The maximum Gasteiger partial charge on any atom is 0.0703 e.